The lowest BCUT2D eigenvalue weighted by Crippen LogP contribution is -2.18. The number of nitrogens with two attached hydrogens (primary N) is 1. The minimum Gasteiger partial charge on any atom is -0.494 e. The third kappa shape index (κ3) is 3.51. The highest BCUT2D eigenvalue weighted by molar-refractivity contribution is 7.80. The Balaban J connectivity index is 2.18. The molecule has 2 N–H and O–H groups in total. The normalized spacial score (nSPS) is 10.4. The van der Waals surface area contributed by atoms with Gasteiger partial charge in [0.05, 0.1) is 30.0 Å². The lowest BCUT2D eigenvalue weighted by atomic mass is 10.1. The molecule has 0 aliphatic rings. The third-order valence-electron chi connectivity index (χ3n) is 2.55. The van der Waals surface area contributed by atoms with E-state index in [-0.39, 0.29) is 0 Å². The summed E-state index contributed by atoms with van der Waals surface area (Å²) in [6, 6.07) is 7.81. The minimum absolute atomic E-state index is 0.384. The molecule has 0 amide bonds. The summed E-state index contributed by atoms with van der Waals surface area (Å²) < 4.78 is 7.23. The van der Waals surface area contributed by atoms with Crippen molar-refractivity contribution >= 4 is 17.2 Å². The summed E-state index contributed by atoms with van der Waals surface area (Å²) in [7, 11) is 0. The largest absolute Gasteiger partial charge is 0.494 e. The molecule has 100 valence electrons. The van der Waals surface area contributed by atoms with Crippen LogP contribution in [-0.2, 0) is 6.54 Å². The van der Waals surface area contributed by atoms with Gasteiger partial charge in [0.15, 0.2) is 0 Å². The summed E-state index contributed by atoms with van der Waals surface area (Å²) in [6.45, 7) is 3.19. The molecule has 2 aromatic rings. The molecule has 0 bridgehead atoms. The van der Waals surface area contributed by atoms with Crippen molar-refractivity contribution in [2.75, 3.05) is 6.61 Å². The van der Waals surface area contributed by atoms with Gasteiger partial charge in [-0.25, -0.2) is 4.68 Å². The number of aromatic nitrogens is 3. The average Bonchev–Trinajstić information content (AvgIpc) is 2.84. The summed E-state index contributed by atoms with van der Waals surface area (Å²) >= 11 is 4.89. The van der Waals surface area contributed by atoms with Gasteiger partial charge >= 0.3 is 0 Å². The van der Waals surface area contributed by atoms with Crippen LogP contribution in [0.2, 0.25) is 0 Å². The average molecular weight is 276 g/mol. The Kier molecular flexibility index (Phi) is 4.46. The van der Waals surface area contributed by atoms with Crippen LogP contribution < -0.4 is 10.5 Å². The van der Waals surface area contributed by atoms with Crippen molar-refractivity contribution in [3.63, 3.8) is 0 Å². The highest BCUT2D eigenvalue weighted by atomic mass is 32.1. The summed E-state index contributed by atoms with van der Waals surface area (Å²) in [5, 5.41) is 7.86. The van der Waals surface area contributed by atoms with Crippen molar-refractivity contribution in [3.8, 4) is 17.0 Å². The monoisotopic (exact) mass is 276 g/mol. The Morgan fingerprint density at radius 1 is 1.37 bits per heavy atom. The first kappa shape index (κ1) is 13.5. The highest BCUT2D eigenvalue weighted by Crippen LogP contribution is 2.21. The van der Waals surface area contributed by atoms with E-state index in [4.69, 9.17) is 22.7 Å². The Bertz CT molecular complexity index is 550. The van der Waals surface area contributed by atoms with Gasteiger partial charge in [0.2, 0.25) is 0 Å². The van der Waals surface area contributed by atoms with E-state index < -0.39 is 0 Å². The Hall–Kier alpha value is -1.95. The first-order valence-corrected chi connectivity index (χ1v) is 6.51. The smallest absolute Gasteiger partial charge is 0.119 e. The number of rotatable bonds is 6. The lowest BCUT2D eigenvalue weighted by molar-refractivity contribution is 0.317. The highest BCUT2D eigenvalue weighted by Gasteiger charge is 2.07. The van der Waals surface area contributed by atoms with Crippen molar-refractivity contribution in [3.05, 3.63) is 30.5 Å². The van der Waals surface area contributed by atoms with Crippen LogP contribution >= 0.6 is 12.2 Å². The van der Waals surface area contributed by atoms with Crippen molar-refractivity contribution in [1.82, 2.24) is 15.0 Å². The molecule has 5 nitrogen and oxygen atoms in total. The van der Waals surface area contributed by atoms with E-state index in [9.17, 15) is 0 Å². The molecular weight excluding hydrogens is 260 g/mol. The predicted molar refractivity (Wildman–Crippen MR) is 78.0 cm³/mol. The molecule has 1 aromatic carbocycles. The van der Waals surface area contributed by atoms with Gasteiger partial charge in [-0.3, -0.25) is 0 Å². The number of nitrogens with zero attached hydrogens (tertiary/aromatic N) is 3. The molecule has 0 radical (unpaired) electrons. The van der Waals surface area contributed by atoms with E-state index in [0.717, 1.165) is 30.0 Å². The number of hydrogen-bond acceptors (Lipinski definition) is 4. The Morgan fingerprint density at radius 2 is 2.11 bits per heavy atom. The number of thiocarbonyl (C=S) groups is 1. The number of benzene rings is 1. The van der Waals surface area contributed by atoms with E-state index in [1.54, 1.807) is 10.9 Å². The van der Waals surface area contributed by atoms with Gasteiger partial charge < -0.3 is 10.5 Å². The summed E-state index contributed by atoms with van der Waals surface area (Å²) in [5.41, 5.74) is 7.42. The van der Waals surface area contributed by atoms with Crippen LogP contribution in [0.3, 0.4) is 0 Å². The molecular formula is C13H16N4OS. The molecule has 2 rings (SSSR count). The molecule has 6 heteroatoms. The molecule has 0 saturated heterocycles. The van der Waals surface area contributed by atoms with E-state index in [0.29, 0.717) is 11.5 Å². The second kappa shape index (κ2) is 6.29. The van der Waals surface area contributed by atoms with Crippen LogP contribution in [-0.4, -0.2) is 26.6 Å². The van der Waals surface area contributed by atoms with E-state index >= 15 is 0 Å². The summed E-state index contributed by atoms with van der Waals surface area (Å²) in [5.74, 6) is 0.860. The third-order valence-corrected chi connectivity index (χ3v) is 2.68. The van der Waals surface area contributed by atoms with Crippen molar-refractivity contribution in [1.29, 1.82) is 0 Å². The van der Waals surface area contributed by atoms with Crippen LogP contribution in [0.1, 0.15) is 13.3 Å². The van der Waals surface area contributed by atoms with Gasteiger partial charge in [0.25, 0.3) is 0 Å². The van der Waals surface area contributed by atoms with Crippen molar-refractivity contribution in [2.24, 2.45) is 5.73 Å². The van der Waals surface area contributed by atoms with E-state index in [1.807, 2.05) is 24.3 Å². The second-order valence-corrected chi connectivity index (χ2v) is 4.64. The fraction of sp³-hybridized carbons (Fsp3) is 0.308. The van der Waals surface area contributed by atoms with E-state index in [1.165, 1.54) is 0 Å². The summed E-state index contributed by atoms with van der Waals surface area (Å²) in [4.78, 5) is 0.384. The quantitative estimate of drug-likeness (QED) is 0.818. The number of hydrogen-bond donors (Lipinski definition) is 1. The van der Waals surface area contributed by atoms with Crippen molar-refractivity contribution in [2.45, 2.75) is 19.9 Å². The molecule has 0 aliphatic carbocycles. The van der Waals surface area contributed by atoms with Crippen LogP contribution in [0, 0.1) is 0 Å². The van der Waals surface area contributed by atoms with Crippen LogP contribution in [0.25, 0.3) is 11.3 Å². The van der Waals surface area contributed by atoms with E-state index in [2.05, 4.69) is 17.2 Å². The molecule has 0 fully saturated rings. The lowest BCUT2D eigenvalue weighted by Gasteiger charge is -2.07. The molecule has 0 aliphatic heterocycles. The molecule has 19 heavy (non-hydrogen) atoms. The molecule has 0 spiro atoms. The van der Waals surface area contributed by atoms with Gasteiger partial charge in [-0.15, -0.1) is 5.10 Å². The SMILES string of the molecule is CCCOc1ccc(-c2cnnn2CC(N)=S)cc1. The molecule has 1 aromatic heterocycles. The standard InChI is InChI=1S/C13H16N4OS/c1-2-7-18-11-5-3-10(4-6-11)12-8-15-16-17(12)9-13(14)19/h3-6,8H,2,7,9H2,1H3,(H2,14,19). The van der Waals surface area contributed by atoms with Gasteiger partial charge in [0.1, 0.15) is 5.75 Å². The maximum absolute atomic E-state index is 5.54. The van der Waals surface area contributed by atoms with Crippen molar-refractivity contribution < 1.29 is 4.74 Å². The van der Waals surface area contributed by atoms with Gasteiger partial charge in [-0.05, 0) is 30.7 Å². The van der Waals surface area contributed by atoms with Gasteiger partial charge in [0, 0.05) is 5.56 Å². The molecule has 1 heterocycles. The van der Waals surface area contributed by atoms with Gasteiger partial charge in [-0.2, -0.15) is 0 Å². The van der Waals surface area contributed by atoms with Crippen LogP contribution in [0.4, 0.5) is 0 Å². The number of ether oxygens (including phenoxy) is 1. The fourth-order valence-corrected chi connectivity index (χ4v) is 1.81. The minimum atomic E-state index is 0.384. The van der Waals surface area contributed by atoms with Gasteiger partial charge in [-0.1, -0.05) is 24.4 Å². The first-order chi connectivity index (χ1) is 9.20. The van der Waals surface area contributed by atoms with Crippen LogP contribution in [0.5, 0.6) is 5.75 Å². The Labute approximate surface area is 117 Å². The first-order valence-electron chi connectivity index (χ1n) is 6.10. The second-order valence-electron chi connectivity index (χ2n) is 4.12. The molecule has 0 saturated carbocycles. The zero-order valence-electron chi connectivity index (χ0n) is 10.7. The maximum atomic E-state index is 5.54. The topological polar surface area (TPSA) is 66.0 Å². The summed E-state index contributed by atoms with van der Waals surface area (Å²) in [6.07, 6.45) is 2.69. The van der Waals surface area contributed by atoms with Crippen LogP contribution in [0.15, 0.2) is 30.5 Å². The zero-order chi connectivity index (χ0) is 13.7. The molecule has 0 atom stereocenters. The Morgan fingerprint density at radius 3 is 2.74 bits per heavy atom. The molecule has 0 unspecified atom stereocenters. The zero-order valence-corrected chi connectivity index (χ0v) is 11.6. The fourth-order valence-electron chi connectivity index (χ4n) is 1.69. The predicted octanol–water partition coefficient (Wildman–Crippen LogP) is 2.02. The maximum Gasteiger partial charge on any atom is 0.119 e.